The fourth-order valence-corrected chi connectivity index (χ4v) is 1.04. The van der Waals surface area contributed by atoms with Crippen molar-refractivity contribution in [2.24, 2.45) is 0 Å². The second-order valence-corrected chi connectivity index (χ2v) is 2.89. The molecule has 0 bridgehead atoms. The number of rotatable bonds is 0. The summed E-state index contributed by atoms with van der Waals surface area (Å²) in [6.07, 6.45) is 0. The van der Waals surface area contributed by atoms with E-state index < -0.39 is 0 Å². The standard InChI is InChI=1S/C8H11N.CH3ClO.Cu/c1-6-4-7(2)9-8(3)5-6;1-3-2;/h4-5H,1-3H3;1H3;. The maximum atomic E-state index is 4.50. The van der Waals surface area contributed by atoms with E-state index >= 15 is 0 Å². The van der Waals surface area contributed by atoms with Gasteiger partial charge < -0.3 is 0 Å². The van der Waals surface area contributed by atoms with Gasteiger partial charge in [-0.1, -0.05) is 0 Å². The van der Waals surface area contributed by atoms with Crippen molar-refractivity contribution in [2.75, 3.05) is 7.11 Å². The molecule has 1 heterocycles. The summed E-state index contributed by atoms with van der Waals surface area (Å²) in [4.78, 5) is 4.23. The molecule has 2 nitrogen and oxygen atoms in total. The predicted octanol–water partition coefficient (Wildman–Crippen LogP) is 2.79. The first-order valence-electron chi connectivity index (χ1n) is 3.66. The molecule has 1 radical (unpaired) electrons. The number of pyridine rings is 1. The molecule has 0 fully saturated rings. The van der Waals surface area contributed by atoms with E-state index in [1.54, 1.807) is 0 Å². The Morgan fingerprint density at radius 3 is 1.69 bits per heavy atom. The Bertz CT molecular complexity index is 193. The van der Waals surface area contributed by atoms with Gasteiger partial charge in [0.05, 0.1) is 19.0 Å². The van der Waals surface area contributed by atoms with Gasteiger partial charge in [0.2, 0.25) is 0 Å². The summed E-state index contributed by atoms with van der Waals surface area (Å²) in [6.45, 7) is 6.11. The van der Waals surface area contributed by atoms with Crippen LogP contribution in [0.1, 0.15) is 17.0 Å². The van der Waals surface area contributed by atoms with E-state index in [0.717, 1.165) is 11.4 Å². The maximum absolute atomic E-state index is 4.50. The number of aryl methyl sites for hydroxylation is 3. The van der Waals surface area contributed by atoms with Crippen LogP contribution < -0.4 is 0 Å². The largest absolute Gasteiger partial charge is 0.283 e. The summed E-state index contributed by atoms with van der Waals surface area (Å²) in [5.74, 6) is 0. The van der Waals surface area contributed by atoms with Crippen molar-refractivity contribution in [3.8, 4) is 0 Å². The van der Waals surface area contributed by atoms with Gasteiger partial charge in [0.15, 0.2) is 0 Å². The molecule has 0 saturated heterocycles. The van der Waals surface area contributed by atoms with Gasteiger partial charge in [-0.15, -0.1) is 0 Å². The van der Waals surface area contributed by atoms with Crippen molar-refractivity contribution in [3.05, 3.63) is 29.1 Å². The zero-order valence-corrected chi connectivity index (χ0v) is 9.89. The van der Waals surface area contributed by atoms with Crippen LogP contribution in [0.25, 0.3) is 0 Å². The molecule has 0 unspecified atom stereocenters. The molecule has 0 aromatic carbocycles. The minimum atomic E-state index is 0. The fraction of sp³-hybridized carbons (Fsp3) is 0.444. The van der Waals surface area contributed by atoms with Gasteiger partial charge in [-0.25, -0.2) is 0 Å². The van der Waals surface area contributed by atoms with Crippen molar-refractivity contribution in [3.63, 3.8) is 0 Å². The monoisotopic (exact) mass is 250 g/mol. The summed E-state index contributed by atoms with van der Waals surface area (Å²) in [5.41, 5.74) is 3.50. The van der Waals surface area contributed by atoms with Crippen LogP contribution in [0.4, 0.5) is 0 Å². The van der Waals surface area contributed by atoms with Crippen molar-refractivity contribution in [2.45, 2.75) is 20.8 Å². The van der Waals surface area contributed by atoms with Gasteiger partial charge in [-0.3, -0.25) is 9.27 Å². The van der Waals surface area contributed by atoms with Gasteiger partial charge in [0.25, 0.3) is 0 Å². The number of aromatic nitrogens is 1. The maximum Gasteiger partial charge on any atom is 0.0606 e. The number of hydrogen-bond acceptors (Lipinski definition) is 2. The van der Waals surface area contributed by atoms with Crippen LogP contribution in [0.5, 0.6) is 0 Å². The Morgan fingerprint density at radius 1 is 1.15 bits per heavy atom. The molecule has 0 spiro atoms. The third kappa shape index (κ3) is 8.26. The van der Waals surface area contributed by atoms with E-state index in [1.165, 1.54) is 12.7 Å². The van der Waals surface area contributed by atoms with Crippen LogP contribution in [0.3, 0.4) is 0 Å². The molecule has 13 heavy (non-hydrogen) atoms. The van der Waals surface area contributed by atoms with E-state index in [2.05, 4.69) is 40.2 Å². The number of halogens is 1. The molecule has 0 aliphatic rings. The molecule has 0 N–H and O–H groups in total. The average molecular weight is 251 g/mol. The Morgan fingerprint density at radius 2 is 1.46 bits per heavy atom. The van der Waals surface area contributed by atoms with Crippen LogP contribution in [-0.4, -0.2) is 12.1 Å². The van der Waals surface area contributed by atoms with Gasteiger partial charge in [-0.05, 0) is 38.5 Å². The van der Waals surface area contributed by atoms with E-state index in [0.29, 0.717) is 0 Å². The van der Waals surface area contributed by atoms with Crippen LogP contribution >= 0.6 is 11.9 Å². The van der Waals surface area contributed by atoms with Crippen LogP contribution in [-0.2, 0) is 21.4 Å². The fourth-order valence-electron chi connectivity index (χ4n) is 1.04. The second-order valence-electron chi connectivity index (χ2n) is 2.58. The van der Waals surface area contributed by atoms with Crippen molar-refractivity contribution in [1.29, 1.82) is 0 Å². The molecule has 0 aliphatic heterocycles. The number of hydrogen-bond donors (Lipinski definition) is 0. The Kier molecular flexibility index (Phi) is 10.1. The smallest absolute Gasteiger partial charge is 0.0606 e. The summed E-state index contributed by atoms with van der Waals surface area (Å²) in [5, 5.41) is 0. The van der Waals surface area contributed by atoms with Crippen LogP contribution in [0, 0.1) is 20.8 Å². The Hall–Kier alpha value is -0.0805. The Labute approximate surface area is 95.3 Å². The van der Waals surface area contributed by atoms with Gasteiger partial charge in [0.1, 0.15) is 0 Å². The van der Waals surface area contributed by atoms with E-state index in [4.69, 9.17) is 0 Å². The van der Waals surface area contributed by atoms with Crippen LogP contribution in [0.2, 0.25) is 0 Å². The first-order valence-corrected chi connectivity index (χ1v) is 3.97. The topological polar surface area (TPSA) is 22.1 Å². The number of nitrogens with zero attached hydrogens (tertiary/aromatic N) is 1. The molecule has 79 valence electrons. The minimum Gasteiger partial charge on any atom is -0.283 e. The normalized spacial score (nSPS) is 8.08. The van der Waals surface area contributed by atoms with E-state index in [1.807, 2.05) is 13.8 Å². The molecule has 0 saturated carbocycles. The molecule has 1 aromatic heterocycles. The molecule has 1 rings (SSSR count). The zero-order chi connectivity index (χ0) is 9.56. The molecule has 0 amide bonds. The average Bonchev–Trinajstić information content (AvgIpc) is 1.84. The van der Waals surface area contributed by atoms with Crippen molar-refractivity contribution in [1.82, 2.24) is 4.98 Å². The summed E-state index contributed by atoms with van der Waals surface area (Å²) in [7, 11) is 1.39. The van der Waals surface area contributed by atoms with Gasteiger partial charge in [0, 0.05) is 28.5 Å². The summed E-state index contributed by atoms with van der Waals surface area (Å²) >= 11 is 4.50. The minimum absolute atomic E-state index is 0. The zero-order valence-electron chi connectivity index (χ0n) is 8.19. The summed E-state index contributed by atoms with van der Waals surface area (Å²) < 4.78 is 3.72. The SMILES string of the molecule is COCl.Cc1cc(C)nc(C)c1.[Cu]. The van der Waals surface area contributed by atoms with Crippen LogP contribution in [0.15, 0.2) is 12.1 Å². The van der Waals surface area contributed by atoms with E-state index in [9.17, 15) is 0 Å². The molecule has 1 aromatic rings. The quantitative estimate of drug-likeness (QED) is 0.661. The molecule has 0 atom stereocenters. The molecular weight excluding hydrogens is 237 g/mol. The van der Waals surface area contributed by atoms with Gasteiger partial charge in [-0.2, -0.15) is 0 Å². The Balaban J connectivity index is 0. The first-order chi connectivity index (χ1) is 5.60. The van der Waals surface area contributed by atoms with Crippen molar-refractivity contribution < 1.29 is 21.4 Å². The van der Waals surface area contributed by atoms with Gasteiger partial charge >= 0.3 is 0 Å². The second kappa shape index (κ2) is 8.51. The first kappa shape index (κ1) is 15.4. The van der Waals surface area contributed by atoms with E-state index in [-0.39, 0.29) is 17.1 Å². The predicted molar refractivity (Wildman–Crippen MR) is 51.3 cm³/mol. The molecule has 4 heteroatoms. The third-order valence-electron chi connectivity index (χ3n) is 1.23. The summed E-state index contributed by atoms with van der Waals surface area (Å²) in [6, 6.07) is 4.15. The molecule has 0 aliphatic carbocycles. The third-order valence-corrected chi connectivity index (χ3v) is 1.23. The van der Waals surface area contributed by atoms with Crippen molar-refractivity contribution >= 4 is 11.9 Å². The molecular formula is C9H14ClCuNO.